The Morgan fingerprint density at radius 1 is 0.929 bits per heavy atom. The quantitative estimate of drug-likeness (QED) is 0.471. The summed E-state index contributed by atoms with van der Waals surface area (Å²) in [6.45, 7) is 0.872. The van der Waals surface area contributed by atoms with Crippen molar-refractivity contribution in [3.63, 3.8) is 0 Å². The van der Waals surface area contributed by atoms with Crippen molar-refractivity contribution in [1.29, 1.82) is 0 Å². The lowest BCUT2D eigenvalue weighted by atomic mass is 10.1. The van der Waals surface area contributed by atoms with Gasteiger partial charge in [-0.15, -0.1) is 0 Å². The van der Waals surface area contributed by atoms with Crippen molar-refractivity contribution in [2.24, 2.45) is 0 Å². The maximum Gasteiger partial charge on any atom is 0.312 e. The second kappa shape index (κ2) is 7.21. The van der Waals surface area contributed by atoms with Crippen LogP contribution >= 0.6 is 0 Å². The van der Waals surface area contributed by atoms with E-state index in [0.717, 1.165) is 29.7 Å². The number of benzene rings is 3. The first kappa shape index (κ1) is 18.4. The van der Waals surface area contributed by atoms with Crippen LogP contribution in [0.25, 0.3) is 10.8 Å². The molecule has 1 saturated heterocycles. The SMILES string of the molecule is O=[N+]([O-])c1cc(S(=O)(=O)N2CCCC2)ccc1Oc1ccc2ccccc2c1. The van der Waals surface area contributed by atoms with Crippen LogP contribution in [0.15, 0.2) is 65.6 Å². The molecule has 3 aromatic rings. The predicted octanol–water partition coefficient (Wildman–Crippen LogP) is 4.32. The third kappa shape index (κ3) is 3.44. The van der Waals surface area contributed by atoms with Crippen LogP contribution in [0, 0.1) is 10.1 Å². The molecular weight excluding hydrogens is 380 g/mol. The van der Waals surface area contributed by atoms with Gasteiger partial charge in [0.05, 0.1) is 9.82 Å². The van der Waals surface area contributed by atoms with E-state index in [4.69, 9.17) is 4.74 Å². The Kier molecular flexibility index (Phi) is 4.74. The molecule has 0 unspecified atom stereocenters. The molecule has 0 aliphatic carbocycles. The molecule has 4 rings (SSSR count). The van der Waals surface area contributed by atoms with E-state index in [2.05, 4.69) is 0 Å². The molecule has 0 amide bonds. The van der Waals surface area contributed by atoms with Crippen molar-refractivity contribution in [1.82, 2.24) is 4.31 Å². The maximum atomic E-state index is 12.7. The minimum atomic E-state index is -3.74. The predicted molar refractivity (Wildman–Crippen MR) is 105 cm³/mol. The molecule has 1 aliphatic heterocycles. The van der Waals surface area contributed by atoms with E-state index in [1.165, 1.54) is 16.4 Å². The summed E-state index contributed by atoms with van der Waals surface area (Å²) in [5.74, 6) is 0.442. The van der Waals surface area contributed by atoms with Crippen molar-refractivity contribution >= 4 is 26.5 Å². The minimum absolute atomic E-state index is 0.000605. The second-order valence-electron chi connectivity index (χ2n) is 6.61. The zero-order chi connectivity index (χ0) is 19.7. The molecule has 0 spiro atoms. The van der Waals surface area contributed by atoms with Gasteiger partial charge in [0.1, 0.15) is 5.75 Å². The van der Waals surface area contributed by atoms with Crippen LogP contribution in [-0.4, -0.2) is 30.7 Å². The molecule has 8 heteroatoms. The molecule has 3 aromatic carbocycles. The van der Waals surface area contributed by atoms with Crippen LogP contribution in [0.4, 0.5) is 5.69 Å². The number of nitro benzene ring substituents is 1. The standard InChI is InChI=1S/C20H18N2O5S/c23-22(24)19-14-18(28(25,26)21-11-3-4-12-21)9-10-20(19)27-17-8-7-15-5-1-2-6-16(15)13-17/h1-2,5-10,13-14H,3-4,11-12H2. The molecule has 0 N–H and O–H groups in total. The van der Waals surface area contributed by atoms with E-state index in [-0.39, 0.29) is 16.3 Å². The molecule has 0 radical (unpaired) electrons. The van der Waals surface area contributed by atoms with Crippen LogP contribution in [0.2, 0.25) is 0 Å². The fraction of sp³-hybridized carbons (Fsp3) is 0.200. The summed E-state index contributed by atoms with van der Waals surface area (Å²) in [6.07, 6.45) is 1.59. The maximum absolute atomic E-state index is 12.7. The van der Waals surface area contributed by atoms with E-state index < -0.39 is 14.9 Å². The van der Waals surface area contributed by atoms with Crippen molar-refractivity contribution < 1.29 is 18.1 Å². The molecule has 0 atom stereocenters. The Morgan fingerprint density at radius 2 is 1.64 bits per heavy atom. The summed E-state index contributed by atoms with van der Waals surface area (Å²) >= 11 is 0. The lowest BCUT2D eigenvalue weighted by Gasteiger charge is -2.16. The lowest BCUT2D eigenvalue weighted by Crippen LogP contribution is -2.27. The van der Waals surface area contributed by atoms with Crippen molar-refractivity contribution in [3.8, 4) is 11.5 Å². The fourth-order valence-electron chi connectivity index (χ4n) is 3.32. The molecule has 7 nitrogen and oxygen atoms in total. The molecule has 1 aliphatic rings. The van der Waals surface area contributed by atoms with E-state index in [9.17, 15) is 18.5 Å². The number of nitrogens with zero attached hydrogens (tertiary/aromatic N) is 2. The Labute approximate surface area is 162 Å². The normalized spacial score (nSPS) is 15.0. The van der Waals surface area contributed by atoms with Gasteiger partial charge in [-0.25, -0.2) is 8.42 Å². The first-order chi connectivity index (χ1) is 13.4. The summed E-state index contributed by atoms with van der Waals surface area (Å²) in [5.41, 5.74) is -0.381. The molecule has 0 bridgehead atoms. The smallest absolute Gasteiger partial charge is 0.312 e. The van der Waals surface area contributed by atoms with Gasteiger partial charge < -0.3 is 4.74 Å². The molecule has 28 heavy (non-hydrogen) atoms. The van der Waals surface area contributed by atoms with Gasteiger partial charge >= 0.3 is 5.69 Å². The van der Waals surface area contributed by atoms with Gasteiger partial charge in [-0.2, -0.15) is 4.31 Å². The van der Waals surface area contributed by atoms with Crippen molar-refractivity contribution in [3.05, 3.63) is 70.8 Å². The van der Waals surface area contributed by atoms with Gasteiger partial charge in [0.2, 0.25) is 15.8 Å². The highest BCUT2D eigenvalue weighted by Gasteiger charge is 2.30. The lowest BCUT2D eigenvalue weighted by molar-refractivity contribution is -0.385. The molecule has 1 heterocycles. The number of sulfonamides is 1. The van der Waals surface area contributed by atoms with Crippen LogP contribution < -0.4 is 4.74 Å². The Balaban J connectivity index is 1.69. The van der Waals surface area contributed by atoms with Gasteiger partial charge in [-0.3, -0.25) is 10.1 Å². The molecule has 0 aromatic heterocycles. The number of ether oxygens (including phenoxy) is 1. The van der Waals surface area contributed by atoms with Crippen LogP contribution in [-0.2, 0) is 10.0 Å². The third-order valence-electron chi connectivity index (χ3n) is 4.78. The minimum Gasteiger partial charge on any atom is -0.450 e. The first-order valence-corrected chi connectivity index (χ1v) is 10.3. The first-order valence-electron chi connectivity index (χ1n) is 8.90. The van der Waals surface area contributed by atoms with Gasteiger partial charge in [-0.1, -0.05) is 30.3 Å². The van der Waals surface area contributed by atoms with Crippen LogP contribution in [0.3, 0.4) is 0 Å². The molecule has 1 fully saturated rings. The largest absolute Gasteiger partial charge is 0.450 e. The van der Waals surface area contributed by atoms with E-state index in [0.29, 0.717) is 18.8 Å². The molecule has 144 valence electrons. The Bertz CT molecular complexity index is 1150. The zero-order valence-corrected chi connectivity index (χ0v) is 15.8. The summed E-state index contributed by atoms with van der Waals surface area (Å²) in [6, 6.07) is 16.8. The van der Waals surface area contributed by atoms with Gasteiger partial charge in [0, 0.05) is 19.2 Å². The third-order valence-corrected chi connectivity index (χ3v) is 6.67. The Hall–Kier alpha value is -2.97. The second-order valence-corrected chi connectivity index (χ2v) is 8.55. The monoisotopic (exact) mass is 398 g/mol. The highest BCUT2D eigenvalue weighted by molar-refractivity contribution is 7.89. The molecular formula is C20H18N2O5S. The summed E-state index contributed by atoms with van der Waals surface area (Å²) in [7, 11) is -3.74. The zero-order valence-electron chi connectivity index (χ0n) is 14.9. The highest BCUT2D eigenvalue weighted by Crippen LogP contribution is 2.35. The number of hydrogen-bond acceptors (Lipinski definition) is 5. The van der Waals surface area contributed by atoms with Gasteiger partial charge in [-0.05, 0) is 47.9 Å². The summed E-state index contributed by atoms with van der Waals surface area (Å²) < 4.78 is 32.5. The number of hydrogen-bond donors (Lipinski definition) is 0. The van der Waals surface area contributed by atoms with E-state index in [1.807, 2.05) is 30.3 Å². The highest BCUT2D eigenvalue weighted by atomic mass is 32.2. The topological polar surface area (TPSA) is 89.8 Å². The average Bonchev–Trinajstić information content (AvgIpc) is 3.23. The van der Waals surface area contributed by atoms with Crippen LogP contribution in [0.5, 0.6) is 11.5 Å². The molecule has 0 saturated carbocycles. The Morgan fingerprint density at radius 3 is 2.36 bits per heavy atom. The number of nitro groups is 1. The van der Waals surface area contributed by atoms with Crippen molar-refractivity contribution in [2.75, 3.05) is 13.1 Å². The summed E-state index contributed by atoms with van der Waals surface area (Å²) in [4.78, 5) is 10.8. The average molecular weight is 398 g/mol. The number of rotatable bonds is 5. The van der Waals surface area contributed by atoms with Gasteiger partial charge in [0.15, 0.2) is 0 Å². The van der Waals surface area contributed by atoms with E-state index >= 15 is 0 Å². The van der Waals surface area contributed by atoms with Crippen molar-refractivity contribution in [2.45, 2.75) is 17.7 Å². The van der Waals surface area contributed by atoms with E-state index in [1.54, 1.807) is 12.1 Å². The summed E-state index contributed by atoms with van der Waals surface area (Å²) in [5, 5.41) is 13.5. The van der Waals surface area contributed by atoms with Crippen LogP contribution in [0.1, 0.15) is 12.8 Å². The fourth-order valence-corrected chi connectivity index (χ4v) is 4.86. The number of fused-ring (bicyclic) bond motifs is 1. The van der Waals surface area contributed by atoms with Gasteiger partial charge in [0.25, 0.3) is 0 Å².